The number of nitrogens with one attached hydrogen (secondary N) is 2. The zero-order valence-corrected chi connectivity index (χ0v) is 19.5. The van der Waals surface area contributed by atoms with E-state index in [9.17, 15) is 9.59 Å². The number of halogens is 1. The van der Waals surface area contributed by atoms with Crippen LogP contribution in [0.5, 0.6) is 11.5 Å². The van der Waals surface area contributed by atoms with Crippen molar-refractivity contribution in [3.8, 4) is 22.9 Å². The molecule has 0 radical (unpaired) electrons. The van der Waals surface area contributed by atoms with E-state index in [0.717, 1.165) is 12.0 Å². The first-order chi connectivity index (χ1) is 16.0. The van der Waals surface area contributed by atoms with Crippen LogP contribution in [0, 0.1) is 0 Å². The topological polar surface area (TPSA) is 93.3 Å². The van der Waals surface area contributed by atoms with Gasteiger partial charge in [-0.25, -0.2) is 4.98 Å². The fraction of sp³-hybridized carbons (Fsp3) is 0.160. The Bertz CT molecular complexity index is 1340. The minimum absolute atomic E-state index is 0.159. The van der Waals surface area contributed by atoms with Crippen molar-refractivity contribution in [1.29, 1.82) is 0 Å². The second-order valence-electron chi connectivity index (χ2n) is 7.30. The summed E-state index contributed by atoms with van der Waals surface area (Å²) in [5, 5.41) is 3.37. The maximum atomic E-state index is 12.4. The lowest BCUT2D eigenvalue weighted by Crippen LogP contribution is -2.30. The molecule has 8 heteroatoms. The third kappa shape index (κ3) is 5.40. The number of methoxy groups -OCH3 is 1. The standard InChI is InChI=1S/C25H22BrN3O4/c1-32-21-14-17(24-28-20-10-6-5-9-18(20)25(31)29-24)13-19(26)23(21)33-15-22(30)27-12-11-16-7-3-2-4-8-16/h2-10,13-14H,11-12,15H2,1H3,(H,27,30)(H,28,29,31). The molecule has 1 amide bonds. The maximum absolute atomic E-state index is 12.4. The lowest BCUT2D eigenvalue weighted by molar-refractivity contribution is -0.123. The van der Waals surface area contributed by atoms with Gasteiger partial charge in [0.05, 0.1) is 22.5 Å². The van der Waals surface area contributed by atoms with Gasteiger partial charge in [-0.15, -0.1) is 0 Å². The summed E-state index contributed by atoms with van der Waals surface area (Å²) in [6.45, 7) is 0.360. The summed E-state index contributed by atoms with van der Waals surface area (Å²) in [4.78, 5) is 32.0. The fourth-order valence-corrected chi connectivity index (χ4v) is 3.96. The zero-order chi connectivity index (χ0) is 23.2. The van der Waals surface area contributed by atoms with E-state index in [0.29, 0.717) is 44.8 Å². The van der Waals surface area contributed by atoms with Gasteiger partial charge in [0.25, 0.3) is 11.5 Å². The van der Waals surface area contributed by atoms with Crippen molar-refractivity contribution in [2.24, 2.45) is 0 Å². The van der Waals surface area contributed by atoms with E-state index in [1.165, 1.54) is 7.11 Å². The highest BCUT2D eigenvalue weighted by Gasteiger charge is 2.16. The summed E-state index contributed by atoms with van der Waals surface area (Å²) >= 11 is 3.48. The molecule has 3 aromatic carbocycles. The van der Waals surface area contributed by atoms with Crippen molar-refractivity contribution < 1.29 is 14.3 Å². The van der Waals surface area contributed by atoms with Gasteiger partial charge in [0.1, 0.15) is 5.82 Å². The van der Waals surface area contributed by atoms with Crippen LogP contribution in [0.4, 0.5) is 0 Å². The molecule has 0 aliphatic carbocycles. The van der Waals surface area contributed by atoms with Crippen LogP contribution in [-0.2, 0) is 11.2 Å². The lowest BCUT2D eigenvalue weighted by Gasteiger charge is -2.14. The third-order valence-electron chi connectivity index (χ3n) is 5.04. The second kappa shape index (κ2) is 10.3. The normalized spacial score (nSPS) is 10.7. The van der Waals surface area contributed by atoms with E-state index in [1.54, 1.807) is 30.3 Å². The Morgan fingerprint density at radius 2 is 1.85 bits per heavy atom. The van der Waals surface area contributed by atoms with Crippen LogP contribution in [0.2, 0.25) is 0 Å². The average Bonchev–Trinajstić information content (AvgIpc) is 2.83. The summed E-state index contributed by atoms with van der Waals surface area (Å²) < 4.78 is 11.8. The molecule has 168 valence electrons. The summed E-state index contributed by atoms with van der Waals surface area (Å²) in [5.41, 5.74) is 2.16. The molecule has 0 aliphatic heterocycles. The predicted molar refractivity (Wildman–Crippen MR) is 131 cm³/mol. The van der Waals surface area contributed by atoms with Crippen molar-refractivity contribution in [2.75, 3.05) is 20.3 Å². The third-order valence-corrected chi connectivity index (χ3v) is 5.63. The molecule has 0 atom stereocenters. The highest BCUT2D eigenvalue weighted by atomic mass is 79.9. The van der Waals surface area contributed by atoms with E-state index >= 15 is 0 Å². The Balaban J connectivity index is 1.46. The van der Waals surface area contributed by atoms with Crippen molar-refractivity contribution in [3.05, 3.63) is 87.1 Å². The number of aromatic nitrogens is 2. The number of H-pyrrole nitrogens is 1. The van der Waals surface area contributed by atoms with Gasteiger partial charge < -0.3 is 19.8 Å². The quantitative estimate of drug-likeness (QED) is 0.374. The number of hydrogen-bond acceptors (Lipinski definition) is 5. The van der Waals surface area contributed by atoms with Crippen LogP contribution in [0.1, 0.15) is 5.56 Å². The molecule has 0 aliphatic rings. The molecule has 4 rings (SSSR count). The lowest BCUT2D eigenvalue weighted by atomic mass is 10.1. The molecular weight excluding hydrogens is 486 g/mol. The number of ether oxygens (including phenoxy) is 2. The summed E-state index contributed by atoms with van der Waals surface area (Å²) in [6.07, 6.45) is 0.741. The van der Waals surface area contributed by atoms with E-state index in [-0.39, 0.29) is 18.1 Å². The van der Waals surface area contributed by atoms with E-state index in [2.05, 4.69) is 31.2 Å². The van der Waals surface area contributed by atoms with Gasteiger partial charge in [-0.3, -0.25) is 9.59 Å². The van der Waals surface area contributed by atoms with Gasteiger partial charge in [-0.2, -0.15) is 0 Å². The first kappa shape index (κ1) is 22.5. The van der Waals surface area contributed by atoms with Crippen LogP contribution in [0.3, 0.4) is 0 Å². The molecule has 2 N–H and O–H groups in total. The Labute approximate surface area is 198 Å². The second-order valence-corrected chi connectivity index (χ2v) is 8.15. The number of rotatable bonds is 8. The number of amides is 1. The molecule has 0 saturated carbocycles. The summed E-state index contributed by atoms with van der Waals surface area (Å²) in [5.74, 6) is 0.974. The van der Waals surface area contributed by atoms with Crippen LogP contribution in [0.15, 0.2) is 76.0 Å². The van der Waals surface area contributed by atoms with Gasteiger partial charge in [0.15, 0.2) is 18.1 Å². The molecular formula is C25H22BrN3O4. The van der Waals surface area contributed by atoms with E-state index < -0.39 is 0 Å². The Hall–Kier alpha value is -3.65. The smallest absolute Gasteiger partial charge is 0.259 e. The van der Waals surface area contributed by atoms with Crippen molar-refractivity contribution in [2.45, 2.75) is 6.42 Å². The predicted octanol–water partition coefficient (Wildman–Crippen LogP) is 4.10. The van der Waals surface area contributed by atoms with Crippen molar-refractivity contribution >= 4 is 32.7 Å². The number of aromatic amines is 1. The number of para-hydroxylation sites is 1. The Morgan fingerprint density at radius 1 is 1.09 bits per heavy atom. The summed E-state index contributed by atoms with van der Waals surface area (Å²) in [6, 6.07) is 20.5. The van der Waals surface area contributed by atoms with Crippen LogP contribution < -0.4 is 20.3 Å². The van der Waals surface area contributed by atoms with E-state index in [1.807, 2.05) is 36.4 Å². The molecule has 1 aromatic heterocycles. The largest absolute Gasteiger partial charge is 0.493 e. The van der Waals surface area contributed by atoms with Crippen molar-refractivity contribution in [3.63, 3.8) is 0 Å². The molecule has 7 nitrogen and oxygen atoms in total. The molecule has 0 fully saturated rings. The Kier molecular flexibility index (Phi) is 7.04. The van der Waals surface area contributed by atoms with Crippen LogP contribution in [-0.4, -0.2) is 36.1 Å². The molecule has 0 unspecified atom stereocenters. The van der Waals surface area contributed by atoms with Crippen LogP contribution >= 0.6 is 15.9 Å². The van der Waals surface area contributed by atoms with Gasteiger partial charge >= 0.3 is 0 Å². The number of carbonyl (C=O) groups excluding carboxylic acids is 1. The number of nitrogens with zero attached hydrogens (tertiary/aromatic N) is 1. The highest BCUT2D eigenvalue weighted by molar-refractivity contribution is 9.10. The molecule has 1 heterocycles. The number of carbonyl (C=O) groups is 1. The number of hydrogen-bond donors (Lipinski definition) is 2. The maximum Gasteiger partial charge on any atom is 0.259 e. The number of benzene rings is 3. The van der Waals surface area contributed by atoms with Crippen molar-refractivity contribution in [1.82, 2.24) is 15.3 Å². The monoisotopic (exact) mass is 507 g/mol. The number of fused-ring (bicyclic) bond motifs is 1. The first-order valence-corrected chi connectivity index (χ1v) is 11.1. The first-order valence-electron chi connectivity index (χ1n) is 10.4. The minimum atomic E-state index is -0.232. The summed E-state index contributed by atoms with van der Waals surface area (Å²) in [7, 11) is 1.51. The SMILES string of the molecule is COc1cc(-c2nc3ccccc3c(=O)[nH]2)cc(Br)c1OCC(=O)NCCc1ccccc1. The highest BCUT2D eigenvalue weighted by Crippen LogP contribution is 2.39. The molecule has 4 aromatic rings. The average molecular weight is 508 g/mol. The molecule has 0 spiro atoms. The molecule has 0 saturated heterocycles. The van der Waals surface area contributed by atoms with Gasteiger partial charge in [-0.1, -0.05) is 42.5 Å². The minimum Gasteiger partial charge on any atom is -0.493 e. The van der Waals surface area contributed by atoms with E-state index in [4.69, 9.17) is 9.47 Å². The van der Waals surface area contributed by atoms with Crippen LogP contribution in [0.25, 0.3) is 22.3 Å². The molecule has 33 heavy (non-hydrogen) atoms. The molecule has 0 bridgehead atoms. The van der Waals surface area contributed by atoms with Gasteiger partial charge in [0, 0.05) is 12.1 Å². The zero-order valence-electron chi connectivity index (χ0n) is 17.9. The Morgan fingerprint density at radius 3 is 2.64 bits per heavy atom. The van der Waals surface area contributed by atoms with Gasteiger partial charge in [0.2, 0.25) is 0 Å². The van der Waals surface area contributed by atoms with Gasteiger partial charge in [-0.05, 0) is 52.2 Å². The fourth-order valence-electron chi connectivity index (χ4n) is 3.40.